The van der Waals surface area contributed by atoms with Crippen LogP contribution in [0.5, 0.6) is 0 Å². The predicted molar refractivity (Wildman–Crippen MR) is 133 cm³/mol. The minimum Gasteiger partial charge on any atom is -0.356 e. The van der Waals surface area contributed by atoms with E-state index in [0.29, 0.717) is 31.1 Å². The molecule has 34 heavy (non-hydrogen) atoms. The number of carbonyl (C=O) groups excluding carboxylic acids is 1. The summed E-state index contributed by atoms with van der Waals surface area (Å²) in [5.74, 6) is 0.817. The minimum atomic E-state index is -3.45. The average molecular weight is 479 g/mol. The molecule has 178 valence electrons. The van der Waals surface area contributed by atoms with Gasteiger partial charge in [0.25, 0.3) is 0 Å². The molecule has 0 unspecified atom stereocenters. The van der Waals surface area contributed by atoms with Crippen LogP contribution in [0.3, 0.4) is 0 Å². The Balaban J connectivity index is 1.28. The molecule has 2 aromatic carbocycles. The topological polar surface area (TPSA) is 82.6 Å². The molecule has 0 aliphatic carbocycles. The van der Waals surface area contributed by atoms with Gasteiger partial charge in [0.15, 0.2) is 0 Å². The molecule has 1 aromatic heterocycles. The van der Waals surface area contributed by atoms with Gasteiger partial charge in [-0.25, -0.2) is 13.4 Å². The summed E-state index contributed by atoms with van der Waals surface area (Å²) < 4.78 is 27.4. The number of piperidine rings is 1. The number of anilines is 1. The van der Waals surface area contributed by atoms with Gasteiger partial charge in [-0.05, 0) is 61.6 Å². The average Bonchev–Trinajstić information content (AvgIpc) is 3.43. The van der Waals surface area contributed by atoms with Gasteiger partial charge in [0.2, 0.25) is 15.9 Å². The fraction of sp³-hybridized carbons (Fsp3) is 0.385. The van der Waals surface area contributed by atoms with Gasteiger partial charge in [-0.15, -0.1) is 0 Å². The quantitative estimate of drug-likeness (QED) is 0.586. The largest absolute Gasteiger partial charge is 0.356 e. The van der Waals surface area contributed by atoms with Gasteiger partial charge >= 0.3 is 0 Å². The van der Waals surface area contributed by atoms with Crippen LogP contribution in [0.1, 0.15) is 31.2 Å². The highest BCUT2D eigenvalue weighted by Crippen LogP contribution is 2.27. The SMILES string of the molecule is O=C(NCc1ccccc1)[C@H]1CCCN(c2ccc3cc(S(=O)(=O)N4CCCC4)ccc3n2)C1. The van der Waals surface area contributed by atoms with Crippen molar-refractivity contribution in [1.82, 2.24) is 14.6 Å². The molecule has 0 bridgehead atoms. The van der Waals surface area contributed by atoms with Gasteiger partial charge in [-0.1, -0.05) is 30.3 Å². The number of fused-ring (bicyclic) bond motifs is 1. The Morgan fingerprint density at radius 2 is 1.76 bits per heavy atom. The number of nitrogens with one attached hydrogen (secondary N) is 1. The Kier molecular flexibility index (Phi) is 6.52. The first-order chi connectivity index (χ1) is 16.5. The molecule has 1 amide bonds. The standard InChI is InChI=1S/C26H30N4O3S/c31-26(27-18-20-7-2-1-3-8-20)22-9-6-14-29(19-22)25-13-10-21-17-23(11-12-24(21)28-25)34(32,33)30-15-4-5-16-30/h1-3,7-8,10-13,17,22H,4-6,9,14-16,18-19H2,(H,27,31)/t22-/m0/s1. The molecule has 8 heteroatoms. The molecular formula is C26H30N4O3S. The van der Waals surface area contributed by atoms with E-state index in [1.54, 1.807) is 22.5 Å². The number of carbonyl (C=O) groups is 1. The number of amides is 1. The summed E-state index contributed by atoms with van der Waals surface area (Å²) >= 11 is 0. The van der Waals surface area contributed by atoms with Gasteiger partial charge < -0.3 is 10.2 Å². The van der Waals surface area contributed by atoms with E-state index < -0.39 is 10.0 Å². The van der Waals surface area contributed by atoms with E-state index in [4.69, 9.17) is 4.98 Å². The number of aromatic nitrogens is 1. The summed E-state index contributed by atoms with van der Waals surface area (Å²) in [6.07, 6.45) is 3.62. The molecule has 3 aromatic rings. The van der Waals surface area contributed by atoms with Gasteiger partial charge in [0, 0.05) is 38.1 Å². The Hall–Kier alpha value is -2.97. The third-order valence-electron chi connectivity index (χ3n) is 6.77. The molecule has 1 atom stereocenters. The summed E-state index contributed by atoms with van der Waals surface area (Å²) in [7, 11) is -3.45. The molecule has 2 aliphatic rings. The molecule has 2 aliphatic heterocycles. The van der Waals surface area contributed by atoms with Crippen LogP contribution in [0.15, 0.2) is 65.6 Å². The number of nitrogens with zero attached hydrogens (tertiary/aromatic N) is 3. The van der Waals surface area contributed by atoms with Crippen molar-refractivity contribution < 1.29 is 13.2 Å². The van der Waals surface area contributed by atoms with Crippen LogP contribution in [-0.4, -0.2) is 49.8 Å². The van der Waals surface area contributed by atoms with E-state index >= 15 is 0 Å². The van der Waals surface area contributed by atoms with E-state index in [9.17, 15) is 13.2 Å². The smallest absolute Gasteiger partial charge is 0.243 e. The number of sulfonamides is 1. The second kappa shape index (κ2) is 9.72. The van der Waals surface area contributed by atoms with Crippen LogP contribution in [0.25, 0.3) is 10.9 Å². The van der Waals surface area contributed by atoms with Crippen molar-refractivity contribution in [2.45, 2.75) is 37.1 Å². The zero-order valence-electron chi connectivity index (χ0n) is 19.2. The Morgan fingerprint density at radius 3 is 2.56 bits per heavy atom. The fourth-order valence-corrected chi connectivity index (χ4v) is 6.39. The van der Waals surface area contributed by atoms with Crippen molar-refractivity contribution in [1.29, 1.82) is 0 Å². The van der Waals surface area contributed by atoms with Crippen LogP contribution in [0.4, 0.5) is 5.82 Å². The zero-order chi connectivity index (χ0) is 23.5. The third kappa shape index (κ3) is 4.79. The van der Waals surface area contributed by atoms with Crippen LogP contribution < -0.4 is 10.2 Å². The van der Waals surface area contributed by atoms with Crippen LogP contribution in [0, 0.1) is 5.92 Å². The number of pyridine rings is 1. The predicted octanol–water partition coefficient (Wildman–Crippen LogP) is 3.55. The molecule has 0 saturated carbocycles. The summed E-state index contributed by atoms with van der Waals surface area (Å²) in [5.41, 5.74) is 1.85. The summed E-state index contributed by atoms with van der Waals surface area (Å²) in [4.78, 5) is 20.1. The molecule has 2 saturated heterocycles. The van der Waals surface area contributed by atoms with Crippen molar-refractivity contribution in [3.05, 3.63) is 66.2 Å². The maximum Gasteiger partial charge on any atom is 0.243 e. The van der Waals surface area contributed by atoms with E-state index in [0.717, 1.165) is 54.5 Å². The first-order valence-corrected chi connectivity index (χ1v) is 13.4. The van der Waals surface area contributed by atoms with Crippen molar-refractivity contribution in [3.63, 3.8) is 0 Å². The second-order valence-corrected chi connectivity index (χ2v) is 11.1. The Bertz CT molecular complexity index is 1270. The van der Waals surface area contributed by atoms with Crippen LogP contribution in [0.2, 0.25) is 0 Å². The van der Waals surface area contributed by atoms with Gasteiger partial charge in [-0.2, -0.15) is 4.31 Å². The summed E-state index contributed by atoms with van der Waals surface area (Å²) in [5, 5.41) is 3.87. The van der Waals surface area contributed by atoms with Crippen molar-refractivity contribution in [2.75, 3.05) is 31.1 Å². The second-order valence-electron chi connectivity index (χ2n) is 9.12. The lowest BCUT2D eigenvalue weighted by Gasteiger charge is -2.33. The molecule has 1 N–H and O–H groups in total. The monoisotopic (exact) mass is 478 g/mol. The third-order valence-corrected chi connectivity index (χ3v) is 8.67. The van der Waals surface area contributed by atoms with Gasteiger partial charge in [0.1, 0.15) is 5.82 Å². The molecular weight excluding hydrogens is 448 g/mol. The first kappa shape index (κ1) is 22.8. The molecule has 0 spiro atoms. The highest BCUT2D eigenvalue weighted by Gasteiger charge is 2.28. The lowest BCUT2D eigenvalue weighted by molar-refractivity contribution is -0.125. The Labute approximate surface area is 200 Å². The van der Waals surface area contributed by atoms with Crippen molar-refractivity contribution in [3.8, 4) is 0 Å². The number of hydrogen-bond acceptors (Lipinski definition) is 5. The normalized spacial score (nSPS) is 19.4. The highest BCUT2D eigenvalue weighted by molar-refractivity contribution is 7.89. The van der Waals surface area contributed by atoms with E-state index in [2.05, 4.69) is 10.2 Å². The van der Waals surface area contributed by atoms with E-state index in [1.165, 1.54) is 0 Å². The van der Waals surface area contributed by atoms with Crippen molar-refractivity contribution in [2.24, 2.45) is 5.92 Å². The van der Waals surface area contributed by atoms with Crippen LogP contribution >= 0.6 is 0 Å². The van der Waals surface area contributed by atoms with Gasteiger partial charge in [-0.3, -0.25) is 4.79 Å². The lowest BCUT2D eigenvalue weighted by atomic mass is 9.97. The van der Waals surface area contributed by atoms with Crippen LogP contribution in [-0.2, 0) is 21.4 Å². The molecule has 0 radical (unpaired) electrons. The molecule has 7 nitrogen and oxygen atoms in total. The van der Waals surface area contributed by atoms with E-state index in [1.807, 2.05) is 42.5 Å². The number of benzene rings is 2. The Morgan fingerprint density at radius 1 is 0.971 bits per heavy atom. The number of hydrogen-bond donors (Lipinski definition) is 1. The van der Waals surface area contributed by atoms with Crippen molar-refractivity contribution >= 4 is 32.7 Å². The highest BCUT2D eigenvalue weighted by atomic mass is 32.2. The molecule has 3 heterocycles. The summed E-state index contributed by atoms with van der Waals surface area (Å²) in [6.45, 7) is 3.19. The van der Waals surface area contributed by atoms with Gasteiger partial charge in [0.05, 0.1) is 16.3 Å². The minimum absolute atomic E-state index is 0.0751. The first-order valence-electron chi connectivity index (χ1n) is 12.0. The molecule has 2 fully saturated rings. The maximum atomic E-state index is 12.9. The summed E-state index contributed by atoms with van der Waals surface area (Å²) in [6, 6.07) is 18.9. The lowest BCUT2D eigenvalue weighted by Crippen LogP contribution is -2.43. The zero-order valence-corrected chi connectivity index (χ0v) is 20.0. The number of rotatable bonds is 6. The maximum absolute atomic E-state index is 12.9. The van der Waals surface area contributed by atoms with E-state index in [-0.39, 0.29) is 11.8 Å². The molecule has 5 rings (SSSR count). The fourth-order valence-electron chi connectivity index (χ4n) is 4.84.